The number of anilines is 3. The lowest BCUT2D eigenvalue weighted by atomic mass is 10.0. The molecule has 0 saturated carbocycles. The molecule has 2 aliphatic heterocycles. The number of carbonyl (C=O) groups excluding carboxylic acids is 1. The van der Waals surface area contributed by atoms with Crippen LogP contribution in [0.3, 0.4) is 0 Å². The number of piperazine rings is 1. The van der Waals surface area contributed by atoms with Gasteiger partial charge in [-0.3, -0.25) is 9.59 Å². The first kappa shape index (κ1) is 30.4. The molecule has 0 radical (unpaired) electrons. The van der Waals surface area contributed by atoms with Crippen LogP contribution in [0.25, 0.3) is 11.1 Å². The van der Waals surface area contributed by atoms with Gasteiger partial charge in [-0.15, -0.1) is 0 Å². The van der Waals surface area contributed by atoms with Crippen LogP contribution in [0.1, 0.15) is 43.1 Å². The molecule has 14 heteroatoms. The van der Waals surface area contributed by atoms with E-state index < -0.39 is 46.2 Å². The molecule has 2 aromatic heterocycles. The van der Waals surface area contributed by atoms with Crippen LogP contribution in [0.15, 0.2) is 35.5 Å². The molecule has 43 heavy (non-hydrogen) atoms. The standard InChI is InChI=1S/C29H33F4N7O3/c1-15-12-39(6-5-38(15)4)22-8-21(30)24(18-9-35-29(36-10-18)40-13-16(2)43-17(3)14-40)25(31)26(22)37-28(42)20-11-34-23(41)7-19(20)27(32)33/h7-11,15-17,27H,5-6,12-14H2,1-4H3,(H,34,41)(H,37,42)/t15?,16-,17-/m1/s1. The smallest absolute Gasteiger partial charge is 0.264 e. The summed E-state index contributed by atoms with van der Waals surface area (Å²) in [4.78, 5) is 41.5. The van der Waals surface area contributed by atoms with Gasteiger partial charge in [0.15, 0.2) is 5.82 Å². The summed E-state index contributed by atoms with van der Waals surface area (Å²) in [6.45, 7) is 8.29. The van der Waals surface area contributed by atoms with E-state index in [-0.39, 0.29) is 35.2 Å². The highest BCUT2D eigenvalue weighted by molar-refractivity contribution is 6.07. The number of H-pyrrole nitrogens is 1. The maximum atomic E-state index is 16.4. The fraction of sp³-hybridized carbons (Fsp3) is 0.448. The first-order chi connectivity index (χ1) is 20.4. The summed E-state index contributed by atoms with van der Waals surface area (Å²) in [7, 11) is 1.93. The van der Waals surface area contributed by atoms with Crippen molar-refractivity contribution in [3.05, 3.63) is 63.8 Å². The molecule has 0 spiro atoms. The molecule has 2 aliphatic rings. The molecule has 1 unspecified atom stereocenters. The number of alkyl halides is 2. The number of nitrogens with zero attached hydrogens (tertiary/aromatic N) is 5. The molecule has 0 bridgehead atoms. The molecule has 10 nitrogen and oxygen atoms in total. The molecule has 5 rings (SSSR count). The Labute approximate surface area is 245 Å². The Morgan fingerprint density at radius 1 is 1.05 bits per heavy atom. The highest BCUT2D eigenvalue weighted by Crippen LogP contribution is 2.39. The molecule has 3 aromatic rings. The summed E-state index contributed by atoms with van der Waals surface area (Å²) in [5, 5.41) is 2.39. The lowest BCUT2D eigenvalue weighted by Gasteiger charge is -2.39. The van der Waals surface area contributed by atoms with Gasteiger partial charge in [-0.05, 0) is 27.8 Å². The van der Waals surface area contributed by atoms with Gasteiger partial charge in [0.2, 0.25) is 11.5 Å². The number of nitrogens with one attached hydrogen (secondary N) is 2. The van der Waals surface area contributed by atoms with Gasteiger partial charge in [0.1, 0.15) is 11.5 Å². The molecule has 2 N–H and O–H groups in total. The van der Waals surface area contributed by atoms with Crippen molar-refractivity contribution in [2.75, 3.05) is 54.9 Å². The lowest BCUT2D eigenvalue weighted by Crippen LogP contribution is -2.50. The third-order valence-corrected chi connectivity index (χ3v) is 7.80. The van der Waals surface area contributed by atoms with E-state index in [1.54, 1.807) is 4.90 Å². The number of aromatic amines is 1. The van der Waals surface area contributed by atoms with Crippen molar-refractivity contribution in [1.29, 1.82) is 0 Å². The minimum Gasteiger partial charge on any atom is -0.372 e. The Morgan fingerprint density at radius 2 is 1.72 bits per heavy atom. The van der Waals surface area contributed by atoms with E-state index in [1.165, 1.54) is 12.4 Å². The summed E-state index contributed by atoms with van der Waals surface area (Å²) in [5.74, 6) is -2.73. The monoisotopic (exact) mass is 603 g/mol. The van der Waals surface area contributed by atoms with Crippen LogP contribution in [0.2, 0.25) is 0 Å². The quantitative estimate of drug-likeness (QED) is 0.407. The number of ether oxygens (including phenoxy) is 1. The summed E-state index contributed by atoms with van der Waals surface area (Å²) in [6.07, 6.45) is 0.210. The van der Waals surface area contributed by atoms with Gasteiger partial charge in [0.05, 0.1) is 29.0 Å². The van der Waals surface area contributed by atoms with E-state index in [0.29, 0.717) is 44.7 Å². The maximum absolute atomic E-state index is 16.4. The molecule has 2 fully saturated rings. The van der Waals surface area contributed by atoms with Crippen LogP contribution in [-0.2, 0) is 4.74 Å². The molecule has 2 saturated heterocycles. The van der Waals surface area contributed by atoms with Crippen molar-refractivity contribution in [2.24, 2.45) is 0 Å². The van der Waals surface area contributed by atoms with Crippen LogP contribution < -0.4 is 20.7 Å². The van der Waals surface area contributed by atoms with Crippen molar-refractivity contribution in [3.8, 4) is 11.1 Å². The van der Waals surface area contributed by atoms with Crippen LogP contribution in [0.5, 0.6) is 0 Å². The highest BCUT2D eigenvalue weighted by Gasteiger charge is 2.30. The summed E-state index contributed by atoms with van der Waals surface area (Å²) in [6, 6.07) is 1.76. The molecule has 3 atom stereocenters. The van der Waals surface area contributed by atoms with Crippen molar-refractivity contribution >= 4 is 23.2 Å². The van der Waals surface area contributed by atoms with Crippen LogP contribution >= 0.6 is 0 Å². The second kappa shape index (κ2) is 12.3. The molecule has 0 aliphatic carbocycles. The zero-order chi connectivity index (χ0) is 31.0. The second-order valence-corrected chi connectivity index (χ2v) is 11.1. The summed E-state index contributed by atoms with van der Waals surface area (Å²) >= 11 is 0. The minimum absolute atomic E-state index is 0.0270. The largest absolute Gasteiger partial charge is 0.372 e. The molecule has 1 aromatic carbocycles. The van der Waals surface area contributed by atoms with E-state index >= 15 is 8.78 Å². The number of pyridine rings is 1. The Balaban J connectivity index is 1.55. The summed E-state index contributed by atoms with van der Waals surface area (Å²) in [5.41, 5.74) is -2.95. The minimum atomic E-state index is -3.14. The first-order valence-corrected chi connectivity index (χ1v) is 13.9. The fourth-order valence-corrected chi connectivity index (χ4v) is 5.51. The number of morpholine rings is 1. The molecular weight excluding hydrogens is 570 g/mol. The zero-order valence-corrected chi connectivity index (χ0v) is 24.2. The number of aromatic nitrogens is 3. The lowest BCUT2D eigenvalue weighted by molar-refractivity contribution is -0.00572. The number of amides is 1. The van der Waals surface area contributed by atoms with E-state index in [1.807, 2.05) is 32.7 Å². The third-order valence-electron chi connectivity index (χ3n) is 7.80. The van der Waals surface area contributed by atoms with Gasteiger partial charge in [0, 0.05) is 80.6 Å². The van der Waals surface area contributed by atoms with Gasteiger partial charge in [0.25, 0.3) is 12.3 Å². The topological polar surface area (TPSA) is 107 Å². The fourth-order valence-electron chi connectivity index (χ4n) is 5.51. The van der Waals surface area contributed by atoms with Crippen LogP contribution in [-0.4, -0.2) is 83.8 Å². The van der Waals surface area contributed by atoms with E-state index in [4.69, 9.17) is 4.74 Å². The maximum Gasteiger partial charge on any atom is 0.264 e. The highest BCUT2D eigenvalue weighted by atomic mass is 19.3. The van der Waals surface area contributed by atoms with Gasteiger partial charge >= 0.3 is 0 Å². The van der Waals surface area contributed by atoms with Gasteiger partial charge in [-0.25, -0.2) is 27.5 Å². The zero-order valence-electron chi connectivity index (χ0n) is 24.2. The average molecular weight is 604 g/mol. The first-order valence-electron chi connectivity index (χ1n) is 13.9. The molecular formula is C29H33F4N7O3. The third kappa shape index (κ3) is 6.34. The molecule has 4 heterocycles. The number of hydrogen-bond donors (Lipinski definition) is 2. The van der Waals surface area contributed by atoms with Crippen molar-refractivity contribution in [1.82, 2.24) is 19.9 Å². The van der Waals surface area contributed by atoms with Crippen molar-refractivity contribution in [3.63, 3.8) is 0 Å². The second-order valence-electron chi connectivity index (χ2n) is 11.1. The Kier molecular flexibility index (Phi) is 8.69. The normalized spacial score (nSPS) is 21.4. The Bertz CT molecular complexity index is 1540. The Hall–Kier alpha value is -4.04. The van der Waals surface area contributed by atoms with Crippen LogP contribution in [0, 0.1) is 11.6 Å². The number of carbonyl (C=O) groups is 1. The predicted molar refractivity (Wildman–Crippen MR) is 154 cm³/mol. The van der Waals surface area contributed by atoms with Crippen molar-refractivity contribution < 1.29 is 27.1 Å². The number of benzene rings is 1. The molecule has 1 amide bonds. The number of rotatable bonds is 6. The van der Waals surface area contributed by atoms with Gasteiger partial charge in [-0.1, -0.05) is 0 Å². The number of likely N-dealkylation sites (N-methyl/N-ethyl adjacent to an activating group) is 1. The number of halogens is 4. The van der Waals surface area contributed by atoms with E-state index in [0.717, 1.165) is 12.3 Å². The van der Waals surface area contributed by atoms with E-state index in [9.17, 15) is 18.4 Å². The summed E-state index contributed by atoms with van der Waals surface area (Å²) < 4.78 is 65.2. The van der Waals surface area contributed by atoms with Gasteiger partial charge < -0.3 is 29.7 Å². The van der Waals surface area contributed by atoms with Crippen molar-refractivity contribution in [2.45, 2.75) is 45.4 Å². The average Bonchev–Trinajstić information content (AvgIpc) is 2.95. The SMILES string of the molecule is CC1CN(c2cc(F)c(-c3cnc(N4C[C@@H](C)O[C@H](C)C4)nc3)c(F)c2NC(=O)c2c[nH]c(=O)cc2C(F)F)CCN1C. The molecule has 230 valence electrons. The Morgan fingerprint density at radius 3 is 2.35 bits per heavy atom. The predicted octanol–water partition coefficient (Wildman–Crippen LogP) is 4.05. The van der Waals surface area contributed by atoms with E-state index in [2.05, 4.69) is 25.2 Å². The number of hydrogen-bond acceptors (Lipinski definition) is 8. The van der Waals surface area contributed by atoms with Gasteiger partial charge in [-0.2, -0.15) is 0 Å². The van der Waals surface area contributed by atoms with Crippen LogP contribution in [0.4, 0.5) is 34.9 Å².